The number of rotatable bonds is 3. The van der Waals surface area contributed by atoms with E-state index in [0.29, 0.717) is 10.8 Å². The van der Waals surface area contributed by atoms with E-state index < -0.39 is 0 Å². The quantitative estimate of drug-likeness (QED) is 0.519. The molecule has 1 heterocycles. The van der Waals surface area contributed by atoms with Gasteiger partial charge in [0.2, 0.25) is 0 Å². The third-order valence-electron chi connectivity index (χ3n) is 2.04. The Hall–Kier alpha value is -2.27. The van der Waals surface area contributed by atoms with Gasteiger partial charge in [-0.05, 0) is 23.8 Å². The average molecular weight is 260 g/mol. The molecule has 0 radical (unpaired) electrons. The van der Waals surface area contributed by atoms with Crippen LogP contribution in [0.25, 0.3) is 0 Å². The Bertz CT molecular complexity index is 563. The van der Waals surface area contributed by atoms with Crippen molar-refractivity contribution in [2.75, 3.05) is 0 Å². The molecule has 0 fully saturated rings. The molecule has 6 heteroatoms. The van der Waals surface area contributed by atoms with Crippen LogP contribution in [0.15, 0.2) is 52.9 Å². The van der Waals surface area contributed by atoms with E-state index in [1.54, 1.807) is 36.8 Å². The Morgan fingerprint density at radius 3 is 2.50 bits per heavy atom. The minimum absolute atomic E-state index is 0.167. The molecule has 2 aromatic rings. The lowest BCUT2D eigenvalue weighted by atomic mass is 10.2. The number of aromatic nitrogens is 2. The van der Waals surface area contributed by atoms with Gasteiger partial charge >= 0.3 is 0 Å². The van der Waals surface area contributed by atoms with Crippen molar-refractivity contribution in [1.29, 1.82) is 0 Å². The van der Waals surface area contributed by atoms with E-state index in [1.165, 1.54) is 0 Å². The molecule has 0 aliphatic carbocycles. The van der Waals surface area contributed by atoms with Gasteiger partial charge in [0.1, 0.15) is 0 Å². The van der Waals surface area contributed by atoms with Gasteiger partial charge in [-0.1, -0.05) is 23.7 Å². The molecular formula is C12H10ClN5. The van der Waals surface area contributed by atoms with Gasteiger partial charge in [0.25, 0.3) is 0 Å². The molecule has 1 aromatic carbocycles. The predicted octanol–water partition coefficient (Wildman–Crippen LogP) is 1.87. The summed E-state index contributed by atoms with van der Waals surface area (Å²) in [5.74, 6) is 0.520. The van der Waals surface area contributed by atoms with E-state index in [-0.39, 0.29) is 5.84 Å². The van der Waals surface area contributed by atoms with Crippen molar-refractivity contribution in [1.82, 2.24) is 9.97 Å². The van der Waals surface area contributed by atoms with Crippen LogP contribution in [-0.2, 0) is 0 Å². The van der Waals surface area contributed by atoms with Gasteiger partial charge in [0.15, 0.2) is 11.7 Å². The highest BCUT2D eigenvalue weighted by atomic mass is 35.5. The molecule has 0 unspecified atom stereocenters. The summed E-state index contributed by atoms with van der Waals surface area (Å²) < 4.78 is 0. The molecule has 0 saturated carbocycles. The zero-order valence-corrected chi connectivity index (χ0v) is 10.1. The van der Waals surface area contributed by atoms with Gasteiger partial charge in [-0.25, -0.2) is 9.97 Å². The first-order valence-electron chi connectivity index (χ1n) is 5.15. The lowest BCUT2D eigenvalue weighted by Gasteiger charge is -1.94. The second-order valence-corrected chi connectivity index (χ2v) is 3.79. The number of hydrogen-bond acceptors (Lipinski definition) is 4. The van der Waals surface area contributed by atoms with Crippen LogP contribution in [0.4, 0.5) is 0 Å². The van der Waals surface area contributed by atoms with Gasteiger partial charge < -0.3 is 5.73 Å². The first kappa shape index (κ1) is 12.2. The molecule has 0 saturated heterocycles. The number of nitrogens with zero attached hydrogens (tertiary/aromatic N) is 4. The smallest absolute Gasteiger partial charge is 0.196 e. The largest absolute Gasteiger partial charge is 0.379 e. The topological polar surface area (TPSA) is 76.5 Å². The van der Waals surface area contributed by atoms with Crippen LogP contribution in [0.3, 0.4) is 0 Å². The molecule has 90 valence electrons. The fourth-order valence-corrected chi connectivity index (χ4v) is 1.31. The third kappa shape index (κ3) is 3.36. The molecule has 0 spiro atoms. The number of nitrogens with two attached hydrogens (primary N) is 1. The normalized spacial score (nSPS) is 11.9. The summed E-state index contributed by atoms with van der Waals surface area (Å²) in [6.07, 6.45) is 4.76. The zero-order chi connectivity index (χ0) is 12.8. The van der Waals surface area contributed by atoms with Gasteiger partial charge in [-0.15, -0.1) is 5.10 Å². The van der Waals surface area contributed by atoms with Crippen molar-refractivity contribution in [3.05, 3.63) is 59.1 Å². The maximum atomic E-state index is 5.77. The zero-order valence-electron chi connectivity index (χ0n) is 9.36. The van der Waals surface area contributed by atoms with Crippen LogP contribution in [0.1, 0.15) is 11.4 Å². The molecule has 0 aliphatic heterocycles. The van der Waals surface area contributed by atoms with Crippen LogP contribution >= 0.6 is 11.6 Å². The summed E-state index contributed by atoms with van der Waals surface area (Å²) in [7, 11) is 0. The van der Waals surface area contributed by atoms with Crippen molar-refractivity contribution >= 4 is 23.7 Å². The van der Waals surface area contributed by atoms with Crippen molar-refractivity contribution in [2.24, 2.45) is 15.9 Å². The predicted molar refractivity (Wildman–Crippen MR) is 71.8 cm³/mol. The van der Waals surface area contributed by atoms with Crippen LogP contribution in [0.5, 0.6) is 0 Å². The van der Waals surface area contributed by atoms with Crippen molar-refractivity contribution in [2.45, 2.75) is 0 Å². The van der Waals surface area contributed by atoms with Crippen LogP contribution in [0.2, 0.25) is 5.02 Å². The molecule has 2 N–H and O–H groups in total. The molecule has 0 aliphatic rings. The molecule has 0 bridgehead atoms. The van der Waals surface area contributed by atoms with E-state index in [4.69, 9.17) is 17.3 Å². The third-order valence-corrected chi connectivity index (χ3v) is 2.29. The summed E-state index contributed by atoms with van der Waals surface area (Å²) in [5.41, 5.74) is 6.55. The van der Waals surface area contributed by atoms with Gasteiger partial charge in [-0.3, -0.25) is 0 Å². The molecule has 2 rings (SSSR count). The molecule has 18 heavy (non-hydrogen) atoms. The Balaban J connectivity index is 2.08. The van der Waals surface area contributed by atoms with Crippen molar-refractivity contribution < 1.29 is 0 Å². The van der Waals surface area contributed by atoms with E-state index in [0.717, 1.165) is 5.56 Å². The highest BCUT2D eigenvalue weighted by molar-refractivity contribution is 6.30. The maximum Gasteiger partial charge on any atom is 0.196 e. The lowest BCUT2D eigenvalue weighted by molar-refractivity contribution is 1.10. The summed E-state index contributed by atoms with van der Waals surface area (Å²) >= 11 is 5.77. The number of benzene rings is 1. The molecule has 0 amide bonds. The SMILES string of the molecule is N/C(=N\N=C/c1ccc(Cl)cc1)c1ncccn1. The fraction of sp³-hybridized carbons (Fsp3) is 0. The van der Waals surface area contributed by atoms with E-state index in [9.17, 15) is 0 Å². The molecule has 5 nitrogen and oxygen atoms in total. The molecular weight excluding hydrogens is 250 g/mol. The summed E-state index contributed by atoms with van der Waals surface area (Å²) in [6, 6.07) is 8.91. The van der Waals surface area contributed by atoms with Gasteiger partial charge in [0.05, 0.1) is 6.21 Å². The van der Waals surface area contributed by atoms with Crippen LogP contribution in [-0.4, -0.2) is 22.0 Å². The second kappa shape index (κ2) is 5.88. The minimum atomic E-state index is 0.167. The Labute approximate surface area is 109 Å². The lowest BCUT2D eigenvalue weighted by Crippen LogP contribution is -2.16. The van der Waals surface area contributed by atoms with Crippen molar-refractivity contribution in [3.63, 3.8) is 0 Å². The maximum absolute atomic E-state index is 5.77. The van der Waals surface area contributed by atoms with Crippen LogP contribution < -0.4 is 5.73 Å². The van der Waals surface area contributed by atoms with E-state index in [1.807, 2.05) is 12.1 Å². The first-order valence-corrected chi connectivity index (χ1v) is 5.53. The van der Waals surface area contributed by atoms with Crippen molar-refractivity contribution in [3.8, 4) is 0 Å². The van der Waals surface area contributed by atoms with Crippen LogP contribution in [0, 0.1) is 0 Å². The average Bonchev–Trinajstić information content (AvgIpc) is 2.42. The monoisotopic (exact) mass is 259 g/mol. The fourth-order valence-electron chi connectivity index (χ4n) is 1.18. The highest BCUT2D eigenvalue weighted by Gasteiger charge is 1.98. The number of amidine groups is 1. The van der Waals surface area contributed by atoms with E-state index >= 15 is 0 Å². The summed E-state index contributed by atoms with van der Waals surface area (Å²) in [5, 5.41) is 8.35. The molecule has 0 atom stereocenters. The van der Waals surface area contributed by atoms with E-state index in [2.05, 4.69) is 20.2 Å². The molecule has 1 aromatic heterocycles. The highest BCUT2D eigenvalue weighted by Crippen LogP contribution is 2.07. The Kier molecular flexibility index (Phi) is 3.98. The van der Waals surface area contributed by atoms with Gasteiger partial charge in [0, 0.05) is 17.4 Å². The Morgan fingerprint density at radius 1 is 1.17 bits per heavy atom. The first-order chi connectivity index (χ1) is 8.75. The number of halogens is 1. The summed E-state index contributed by atoms with van der Waals surface area (Å²) in [4.78, 5) is 7.92. The second-order valence-electron chi connectivity index (χ2n) is 3.35. The number of hydrogen-bond donors (Lipinski definition) is 1. The Morgan fingerprint density at radius 2 is 1.83 bits per heavy atom. The van der Waals surface area contributed by atoms with Gasteiger partial charge in [-0.2, -0.15) is 5.10 Å². The summed E-state index contributed by atoms with van der Waals surface area (Å²) in [6.45, 7) is 0. The minimum Gasteiger partial charge on any atom is -0.379 e. The standard InChI is InChI=1S/C12H10ClN5/c13-10-4-2-9(3-5-10)8-17-18-11(14)12-15-6-1-7-16-12/h1-8H,(H2,14,18)/b17-8-.